The highest BCUT2D eigenvalue weighted by Gasteiger charge is 2.11. The number of nitrogens with one attached hydrogen (secondary N) is 1. The summed E-state index contributed by atoms with van der Waals surface area (Å²) in [5, 5.41) is 3.66. The van der Waals surface area contributed by atoms with Gasteiger partial charge in [-0.15, -0.1) is 0 Å². The first-order chi connectivity index (χ1) is 8.03. The summed E-state index contributed by atoms with van der Waals surface area (Å²) in [5.74, 6) is 0.383. The monoisotopic (exact) mass is 263 g/mol. The molecule has 0 aliphatic heterocycles. The van der Waals surface area contributed by atoms with Crippen molar-refractivity contribution >= 4 is 10.0 Å². The fourth-order valence-corrected chi connectivity index (χ4v) is 1.95. The molecule has 0 atom stereocenters. The minimum Gasteiger partial charge on any atom is -0.379 e. The molecule has 0 unspecified atom stereocenters. The van der Waals surface area contributed by atoms with Gasteiger partial charge in [-0.25, -0.2) is 13.1 Å². The van der Waals surface area contributed by atoms with Crippen molar-refractivity contribution in [2.45, 2.75) is 13.5 Å². The molecule has 0 saturated heterocycles. The molecule has 8 heteroatoms. The molecule has 3 N–H and O–H groups in total. The van der Waals surface area contributed by atoms with E-state index in [1.165, 1.54) is 0 Å². The summed E-state index contributed by atoms with van der Waals surface area (Å²) in [7, 11) is -3.35. The van der Waals surface area contributed by atoms with Crippen LogP contribution in [0.4, 0.5) is 0 Å². The zero-order chi connectivity index (χ0) is 12.7. The number of nitrogens with two attached hydrogens (primary N) is 1. The Kier molecular flexibility index (Phi) is 5.56. The molecule has 0 aromatic carbocycles. The van der Waals surface area contributed by atoms with E-state index < -0.39 is 10.0 Å². The molecule has 0 fully saturated rings. The maximum Gasteiger partial charge on any atom is 0.214 e. The summed E-state index contributed by atoms with van der Waals surface area (Å²) < 4.78 is 35.2. The molecule has 1 aromatic rings. The highest BCUT2D eigenvalue weighted by atomic mass is 32.2. The Morgan fingerprint density at radius 3 is 2.88 bits per heavy atom. The van der Waals surface area contributed by atoms with Crippen molar-refractivity contribution in [3.63, 3.8) is 0 Å². The van der Waals surface area contributed by atoms with E-state index in [1.807, 2.05) is 0 Å². The predicted octanol–water partition coefficient (Wildman–Crippen LogP) is -0.622. The Balaban J connectivity index is 2.29. The van der Waals surface area contributed by atoms with Gasteiger partial charge in [-0.3, -0.25) is 0 Å². The lowest BCUT2D eigenvalue weighted by atomic mass is 10.4. The minimum atomic E-state index is -3.35. The van der Waals surface area contributed by atoms with Crippen LogP contribution in [0.5, 0.6) is 0 Å². The number of ether oxygens (including phenoxy) is 1. The van der Waals surface area contributed by atoms with Crippen LogP contribution in [0, 0.1) is 6.92 Å². The van der Waals surface area contributed by atoms with E-state index in [4.69, 9.17) is 15.0 Å². The number of nitrogens with zero attached hydrogens (tertiary/aromatic N) is 1. The maximum atomic E-state index is 11.5. The number of hydrogen-bond donors (Lipinski definition) is 2. The molecule has 1 rings (SSSR count). The van der Waals surface area contributed by atoms with Gasteiger partial charge in [0.1, 0.15) is 0 Å². The van der Waals surface area contributed by atoms with Crippen molar-refractivity contribution in [2.75, 3.05) is 25.5 Å². The van der Waals surface area contributed by atoms with E-state index >= 15 is 0 Å². The highest BCUT2D eigenvalue weighted by Crippen LogP contribution is 2.02. The van der Waals surface area contributed by atoms with Crippen LogP contribution in [0.25, 0.3) is 0 Å². The third-order valence-corrected chi connectivity index (χ3v) is 3.19. The second-order valence-electron chi connectivity index (χ2n) is 3.48. The smallest absolute Gasteiger partial charge is 0.214 e. The third-order valence-electron chi connectivity index (χ3n) is 1.90. The average molecular weight is 263 g/mol. The Hall–Kier alpha value is -0.960. The average Bonchev–Trinajstić information content (AvgIpc) is 2.68. The van der Waals surface area contributed by atoms with Crippen LogP contribution in [0.1, 0.15) is 11.5 Å². The first-order valence-electron chi connectivity index (χ1n) is 5.21. The van der Waals surface area contributed by atoms with Gasteiger partial charge in [-0.2, -0.15) is 0 Å². The first kappa shape index (κ1) is 14.1. The molecule has 0 aliphatic rings. The molecular formula is C9H17N3O4S. The van der Waals surface area contributed by atoms with Gasteiger partial charge in [0.05, 0.1) is 31.2 Å². The van der Waals surface area contributed by atoms with E-state index in [2.05, 4.69) is 9.88 Å². The lowest BCUT2D eigenvalue weighted by Crippen LogP contribution is -2.28. The molecule has 7 nitrogen and oxygen atoms in total. The quantitative estimate of drug-likeness (QED) is 0.605. The molecule has 0 saturated carbocycles. The molecule has 98 valence electrons. The fraction of sp³-hybridized carbons (Fsp3) is 0.667. The summed E-state index contributed by atoms with van der Waals surface area (Å²) in [4.78, 5) is 0. The number of rotatable bonds is 8. The molecule has 1 aromatic heterocycles. The summed E-state index contributed by atoms with van der Waals surface area (Å²) in [6, 6.07) is 1.67. The van der Waals surface area contributed by atoms with Crippen molar-refractivity contribution < 1.29 is 17.7 Å². The molecule has 17 heavy (non-hydrogen) atoms. The van der Waals surface area contributed by atoms with E-state index in [1.54, 1.807) is 13.0 Å². The summed E-state index contributed by atoms with van der Waals surface area (Å²) in [6.07, 6.45) is 0. The SMILES string of the molecule is Cc1cc(CNS(=O)(=O)CCOCCN)on1. The molecule has 0 radical (unpaired) electrons. The molecular weight excluding hydrogens is 246 g/mol. The molecule has 0 amide bonds. The normalized spacial score (nSPS) is 11.9. The van der Waals surface area contributed by atoms with Crippen molar-refractivity contribution in [2.24, 2.45) is 5.73 Å². The van der Waals surface area contributed by atoms with Gasteiger partial charge in [0, 0.05) is 12.6 Å². The van der Waals surface area contributed by atoms with Crippen LogP contribution in [0.2, 0.25) is 0 Å². The van der Waals surface area contributed by atoms with E-state index in [-0.39, 0.29) is 18.9 Å². The van der Waals surface area contributed by atoms with E-state index in [9.17, 15) is 8.42 Å². The van der Waals surface area contributed by atoms with E-state index in [0.717, 1.165) is 0 Å². The van der Waals surface area contributed by atoms with Crippen LogP contribution < -0.4 is 10.5 Å². The van der Waals surface area contributed by atoms with E-state index in [0.29, 0.717) is 24.6 Å². The zero-order valence-electron chi connectivity index (χ0n) is 9.68. The van der Waals surface area contributed by atoms with Crippen LogP contribution in [-0.2, 0) is 21.3 Å². The van der Waals surface area contributed by atoms with Crippen molar-refractivity contribution in [3.8, 4) is 0 Å². The standard InChI is InChI=1S/C9H17N3O4S/c1-8-6-9(16-12-8)7-11-17(13,14)5-4-15-3-2-10/h6,11H,2-5,7,10H2,1H3. The highest BCUT2D eigenvalue weighted by molar-refractivity contribution is 7.89. The summed E-state index contributed by atoms with van der Waals surface area (Å²) >= 11 is 0. The Bertz CT molecular complexity index is 429. The zero-order valence-corrected chi connectivity index (χ0v) is 10.5. The Labute approximate surface area is 100 Å². The Morgan fingerprint density at radius 2 is 2.29 bits per heavy atom. The lowest BCUT2D eigenvalue weighted by Gasteiger charge is -2.05. The maximum absolute atomic E-state index is 11.5. The van der Waals surface area contributed by atoms with Gasteiger partial charge in [-0.05, 0) is 6.92 Å². The second kappa shape index (κ2) is 6.70. The van der Waals surface area contributed by atoms with Crippen molar-refractivity contribution in [1.82, 2.24) is 9.88 Å². The molecule has 0 spiro atoms. The van der Waals surface area contributed by atoms with Gasteiger partial charge < -0.3 is 15.0 Å². The summed E-state index contributed by atoms with van der Waals surface area (Å²) in [6.45, 7) is 2.73. The summed E-state index contributed by atoms with van der Waals surface area (Å²) in [5.41, 5.74) is 5.92. The van der Waals surface area contributed by atoms with Gasteiger partial charge in [0.15, 0.2) is 5.76 Å². The molecule has 0 bridgehead atoms. The minimum absolute atomic E-state index is 0.0971. The van der Waals surface area contributed by atoms with Gasteiger partial charge in [0.2, 0.25) is 10.0 Å². The molecule has 1 heterocycles. The van der Waals surface area contributed by atoms with Crippen molar-refractivity contribution in [1.29, 1.82) is 0 Å². The second-order valence-corrected chi connectivity index (χ2v) is 5.40. The fourth-order valence-electron chi connectivity index (χ4n) is 1.11. The van der Waals surface area contributed by atoms with Gasteiger partial charge in [-0.1, -0.05) is 5.16 Å². The number of hydrogen-bond acceptors (Lipinski definition) is 6. The lowest BCUT2D eigenvalue weighted by molar-refractivity contribution is 0.156. The first-order valence-corrected chi connectivity index (χ1v) is 6.86. The van der Waals surface area contributed by atoms with Crippen LogP contribution in [0.3, 0.4) is 0 Å². The van der Waals surface area contributed by atoms with Crippen LogP contribution >= 0.6 is 0 Å². The molecule has 0 aliphatic carbocycles. The topological polar surface area (TPSA) is 107 Å². The Morgan fingerprint density at radius 1 is 1.53 bits per heavy atom. The predicted molar refractivity (Wildman–Crippen MR) is 61.7 cm³/mol. The largest absolute Gasteiger partial charge is 0.379 e. The number of aromatic nitrogens is 1. The van der Waals surface area contributed by atoms with Crippen LogP contribution in [0.15, 0.2) is 10.6 Å². The van der Waals surface area contributed by atoms with Gasteiger partial charge >= 0.3 is 0 Å². The van der Waals surface area contributed by atoms with Crippen LogP contribution in [-0.4, -0.2) is 39.1 Å². The number of sulfonamides is 1. The third kappa shape index (κ3) is 5.78. The number of aryl methyl sites for hydroxylation is 1. The van der Waals surface area contributed by atoms with Gasteiger partial charge in [0.25, 0.3) is 0 Å². The van der Waals surface area contributed by atoms with Crippen molar-refractivity contribution in [3.05, 3.63) is 17.5 Å².